The van der Waals surface area contributed by atoms with Crippen molar-refractivity contribution in [1.29, 1.82) is 0 Å². The number of rotatable bonds is 1. The molecule has 0 saturated carbocycles. The lowest BCUT2D eigenvalue weighted by Gasteiger charge is -2.29. The van der Waals surface area contributed by atoms with Crippen LogP contribution in [-0.4, -0.2) is 22.5 Å². The lowest BCUT2D eigenvalue weighted by Crippen LogP contribution is -2.36. The predicted octanol–water partition coefficient (Wildman–Crippen LogP) is 4.01. The molecule has 3 rings (SSSR count). The number of hydrogen-bond acceptors (Lipinski definition) is 2. The van der Waals surface area contributed by atoms with Crippen LogP contribution in [0, 0.1) is 0 Å². The summed E-state index contributed by atoms with van der Waals surface area (Å²) in [4.78, 5) is 14.4. The molecule has 1 N–H and O–H groups in total. The number of carbonyl (C=O) groups excluding carboxylic acids is 1. The molecule has 3 nitrogen and oxygen atoms in total. The highest BCUT2D eigenvalue weighted by Gasteiger charge is 2.24. The number of phenolic OH excluding ortho intramolecular Hbond substituents is 1. The van der Waals surface area contributed by atoms with Crippen molar-refractivity contribution in [3.63, 3.8) is 0 Å². The Morgan fingerprint density at radius 2 is 2.05 bits per heavy atom. The first-order chi connectivity index (χ1) is 10.1. The van der Waals surface area contributed by atoms with Crippen molar-refractivity contribution < 1.29 is 9.90 Å². The van der Waals surface area contributed by atoms with Gasteiger partial charge >= 0.3 is 0 Å². The van der Waals surface area contributed by atoms with Crippen molar-refractivity contribution in [1.82, 2.24) is 4.90 Å². The zero-order chi connectivity index (χ0) is 15.0. The number of fused-ring (bicyclic) bond motifs is 1. The minimum atomic E-state index is -0.0877. The van der Waals surface area contributed by atoms with Gasteiger partial charge in [-0.05, 0) is 57.7 Å². The molecule has 0 unspecified atom stereocenters. The minimum Gasteiger partial charge on any atom is -0.508 e. The minimum absolute atomic E-state index is 0.0877. The van der Waals surface area contributed by atoms with Crippen LogP contribution in [0.3, 0.4) is 0 Å². The van der Waals surface area contributed by atoms with Crippen molar-refractivity contribution >= 4 is 33.4 Å². The van der Waals surface area contributed by atoms with Gasteiger partial charge in [0.1, 0.15) is 5.75 Å². The molecular formula is C16H13BrClNO2. The summed E-state index contributed by atoms with van der Waals surface area (Å²) in [6.45, 7) is 1.14. The molecule has 1 heterocycles. The first kappa shape index (κ1) is 14.4. The molecule has 21 heavy (non-hydrogen) atoms. The molecular weight excluding hydrogens is 354 g/mol. The van der Waals surface area contributed by atoms with E-state index in [2.05, 4.69) is 15.9 Å². The van der Waals surface area contributed by atoms with Crippen LogP contribution in [0.4, 0.5) is 0 Å². The van der Waals surface area contributed by atoms with E-state index in [1.165, 1.54) is 5.56 Å². The van der Waals surface area contributed by atoms with Crippen LogP contribution in [0.25, 0.3) is 0 Å². The van der Waals surface area contributed by atoms with Gasteiger partial charge in [0.05, 0.1) is 10.6 Å². The fourth-order valence-electron chi connectivity index (χ4n) is 2.56. The molecule has 0 aliphatic carbocycles. The number of nitrogens with zero attached hydrogens (tertiary/aromatic N) is 1. The van der Waals surface area contributed by atoms with Crippen molar-refractivity contribution in [2.45, 2.75) is 13.0 Å². The molecule has 1 amide bonds. The highest BCUT2D eigenvalue weighted by atomic mass is 79.9. The summed E-state index contributed by atoms with van der Waals surface area (Å²) in [5.41, 5.74) is 2.66. The van der Waals surface area contributed by atoms with Crippen molar-refractivity contribution in [2.75, 3.05) is 6.54 Å². The van der Waals surface area contributed by atoms with Crippen LogP contribution < -0.4 is 0 Å². The third-order valence-corrected chi connectivity index (χ3v) is 4.97. The quantitative estimate of drug-likeness (QED) is 0.828. The molecule has 0 aromatic heterocycles. The summed E-state index contributed by atoms with van der Waals surface area (Å²) >= 11 is 9.54. The average Bonchev–Trinajstić information content (AvgIpc) is 2.48. The normalized spacial score (nSPS) is 13.9. The monoisotopic (exact) mass is 365 g/mol. The van der Waals surface area contributed by atoms with Gasteiger partial charge in [-0.15, -0.1) is 0 Å². The van der Waals surface area contributed by atoms with Gasteiger partial charge < -0.3 is 10.0 Å². The summed E-state index contributed by atoms with van der Waals surface area (Å²) in [6, 6.07) is 10.7. The Balaban J connectivity index is 1.89. The standard InChI is InChI=1S/C16H13BrClNO2/c17-14-3-1-2-13(15(14)18)16(21)19-7-6-10-4-5-12(20)8-11(10)9-19/h1-5,8,20H,6-7,9H2. The summed E-state index contributed by atoms with van der Waals surface area (Å²) in [5, 5.41) is 10.0. The first-order valence-corrected chi connectivity index (χ1v) is 7.77. The lowest BCUT2D eigenvalue weighted by atomic mass is 9.99. The number of phenols is 1. The van der Waals surface area contributed by atoms with Crippen LogP contribution in [0.1, 0.15) is 21.5 Å². The second-order valence-electron chi connectivity index (χ2n) is 5.03. The van der Waals surface area contributed by atoms with Gasteiger partial charge in [0.25, 0.3) is 5.91 Å². The van der Waals surface area contributed by atoms with E-state index in [0.717, 1.165) is 12.0 Å². The third-order valence-electron chi connectivity index (χ3n) is 3.67. The fourth-order valence-corrected chi connectivity index (χ4v) is 3.13. The molecule has 108 valence electrons. The summed E-state index contributed by atoms with van der Waals surface area (Å²) in [5.74, 6) is 0.138. The van der Waals surface area contributed by atoms with Gasteiger partial charge in [-0.3, -0.25) is 4.79 Å². The third kappa shape index (κ3) is 2.78. The molecule has 0 atom stereocenters. The number of hydrogen-bond donors (Lipinski definition) is 1. The zero-order valence-electron chi connectivity index (χ0n) is 11.1. The Kier molecular flexibility index (Phi) is 3.91. The van der Waals surface area contributed by atoms with Crippen LogP contribution >= 0.6 is 27.5 Å². The zero-order valence-corrected chi connectivity index (χ0v) is 13.5. The fraction of sp³-hybridized carbons (Fsp3) is 0.188. The predicted molar refractivity (Wildman–Crippen MR) is 85.7 cm³/mol. The Morgan fingerprint density at radius 1 is 1.24 bits per heavy atom. The van der Waals surface area contributed by atoms with Crippen LogP contribution in [0.15, 0.2) is 40.9 Å². The van der Waals surface area contributed by atoms with E-state index in [4.69, 9.17) is 11.6 Å². The Morgan fingerprint density at radius 3 is 2.86 bits per heavy atom. The lowest BCUT2D eigenvalue weighted by molar-refractivity contribution is 0.0734. The number of carbonyl (C=O) groups is 1. The number of benzene rings is 2. The van der Waals surface area contributed by atoms with E-state index in [1.54, 1.807) is 29.2 Å². The molecule has 2 aromatic rings. The van der Waals surface area contributed by atoms with E-state index < -0.39 is 0 Å². The first-order valence-electron chi connectivity index (χ1n) is 6.60. The van der Waals surface area contributed by atoms with Crippen LogP contribution in [-0.2, 0) is 13.0 Å². The summed E-state index contributed by atoms with van der Waals surface area (Å²) in [7, 11) is 0. The number of aromatic hydroxyl groups is 1. The second kappa shape index (κ2) is 5.70. The Hall–Kier alpha value is -1.52. The summed E-state index contributed by atoms with van der Waals surface area (Å²) in [6.07, 6.45) is 0.785. The largest absolute Gasteiger partial charge is 0.508 e. The van der Waals surface area contributed by atoms with Gasteiger partial charge in [-0.1, -0.05) is 23.7 Å². The Labute approximate surface area is 136 Å². The SMILES string of the molecule is O=C(c1cccc(Br)c1Cl)N1CCc2ccc(O)cc2C1. The van der Waals surface area contributed by atoms with Gasteiger partial charge in [0.2, 0.25) is 0 Å². The molecule has 0 bridgehead atoms. The molecule has 0 spiro atoms. The molecule has 0 radical (unpaired) electrons. The maximum absolute atomic E-state index is 12.6. The van der Waals surface area contributed by atoms with E-state index in [0.29, 0.717) is 28.1 Å². The van der Waals surface area contributed by atoms with E-state index in [1.807, 2.05) is 12.1 Å². The number of amides is 1. The van der Waals surface area contributed by atoms with E-state index in [-0.39, 0.29) is 11.7 Å². The molecule has 1 aliphatic heterocycles. The maximum atomic E-state index is 12.6. The topological polar surface area (TPSA) is 40.5 Å². The molecule has 2 aromatic carbocycles. The van der Waals surface area contributed by atoms with Gasteiger partial charge in [0, 0.05) is 17.6 Å². The molecule has 0 saturated heterocycles. The maximum Gasteiger partial charge on any atom is 0.255 e. The van der Waals surface area contributed by atoms with Gasteiger partial charge in [0.15, 0.2) is 0 Å². The molecule has 0 fully saturated rings. The van der Waals surface area contributed by atoms with Gasteiger partial charge in [-0.2, -0.15) is 0 Å². The highest BCUT2D eigenvalue weighted by Crippen LogP contribution is 2.29. The van der Waals surface area contributed by atoms with Crippen molar-refractivity contribution in [2.24, 2.45) is 0 Å². The van der Waals surface area contributed by atoms with Gasteiger partial charge in [-0.25, -0.2) is 0 Å². The van der Waals surface area contributed by atoms with Crippen molar-refractivity contribution in [3.8, 4) is 5.75 Å². The van der Waals surface area contributed by atoms with Crippen molar-refractivity contribution in [3.05, 3.63) is 62.6 Å². The van der Waals surface area contributed by atoms with E-state index in [9.17, 15) is 9.90 Å². The summed E-state index contributed by atoms with van der Waals surface area (Å²) < 4.78 is 0.713. The second-order valence-corrected chi connectivity index (χ2v) is 6.26. The van der Waals surface area contributed by atoms with Crippen LogP contribution in [0.2, 0.25) is 5.02 Å². The smallest absolute Gasteiger partial charge is 0.255 e. The molecule has 1 aliphatic rings. The average molecular weight is 367 g/mol. The molecule has 5 heteroatoms. The Bertz CT molecular complexity index is 717. The van der Waals surface area contributed by atoms with Crippen LogP contribution in [0.5, 0.6) is 5.75 Å². The number of halogens is 2. The van der Waals surface area contributed by atoms with E-state index >= 15 is 0 Å². The highest BCUT2D eigenvalue weighted by molar-refractivity contribution is 9.10.